The number of rotatable bonds is 14. The molecule has 0 spiro atoms. The van der Waals surface area contributed by atoms with Crippen LogP contribution in [0.2, 0.25) is 9.28 Å². The minimum absolute atomic E-state index is 0. The van der Waals surface area contributed by atoms with Crippen LogP contribution in [-0.2, 0) is 42.1 Å². The molecule has 0 aliphatic heterocycles. The van der Waals surface area contributed by atoms with Gasteiger partial charge in [-0.1, -0.05) is 0 Å². The second-order valence-electron chi connectivity index (χ2n) is 13.4. The van der Waals surface area contributed by atoms with Crippen molar-refractivity contribution in [3.05, 3.63) is 243 Å². The van der Waals surface area contributed by atoms with Gasteiger partial charge in [-0.05, 0) is 0 Å². The summed E-state index contributed by atoms with van der Waals surface area (Å²) < 4.78 is 2.20. The third-order valence-corrected chi connectivity index (χ3v) is 26.9. The van der Waals surface area contributed by atoms with Crippen LogP contribution < -0.4 is 67.3 Å². The zero-order valence-corrected chi connectivity index (χ0v) is 42.2. The zero-order valence-electron chi connectivity index (χ0n) is 32.8. The molecule has 310 valence electrons. The van der Waals surface area contributed by atoms with E-state index in [2.05, 4.69) is 285 Å². The van der Waals surface area contributed by atoms with Crippen LogP contribution in [0.4, 0.5) is 0 Å². The Morgan fingerprint density at radius 3 is 0.450 bits per heavy atom. The molecule has 60 heavy (non-hydrogen) atoms. The molecule has 8 heteroatoms. The van der Waals surface area contributed by atoms with Crippen molar-refractivity contribution in [3.63, 3.8) is 0 Å². The molecule has 8 aromatic carbocycles. The summed E-state index contributed by atoms with van der Waals surface area (Å²) in [4.78, 5) is 0. The maximum absolute atomic E-state index is 2.83. The minimum Gasteiger partial charge on any atom is -1.00 e. The molecule has 0 heterocycles. The van der Waals surface area contributed by atoms with Crippen molar-refractivity contribution in [3.8, 4) is 0 Å². The first-order valence-electron chi connectivity index (χ1n) is 19.4. The van der Waals surface area contributed by atoms with Crippen molar-refractivity contribution in [1.29, 1.82) is 0 Å². The maximum atomic E-state index is 2.83. The Balaban J connectivity index is 0.000000220. The zero-order chi connectivity index (χ0) is 39.8. The van der Waals surface area contributed by atoms with Gasteiger partial charge in [0.25, 0.3) is 0 Å². The summed E-state index contributed by atoms with van der Waals surface area (Å²) in [5.74, 6) is 0. The van der Waals surface area contributed by atoms with Crippen LogP contribution in [0.15, 0.2) is 243 Å². The predicted octanol–water partition coefficient (Wildman–Crippen LogP) is 5.09. The number of hydrogen-bond acceptors (Lipinski definition) is 0. The van der Waals surface area contributed by atoms with Crippen molar-refractivity contribution in [2.45, 2.75) is 20.1 Å². The van der Waals surface area contributed by atoms with Gasteiger partial charge in [0.15, 0.2) is 0 Å². The van der Waals surface area contributed by atoms with Crippen LogP contribution in [-0.4, -0.2) is 10.8 Å². The Bertz CT molecular complexity index is 1840. The van der Waals surface area contributed by atoms with Gasteiger partial charge in [-0.15, -0.1) is 0 Å². The fraction of sp³-hybridized carbons (Fsp3) is 0.0769. The monoisotopic (exact) mass is 1260 g/mol. The number of halogens is 2. The predicted molar refractivity (Wildman–Crippen MR) is 253 cm³/mol. The van der Waals surface area contributed by atoms with Crippen molar-refractivity contribution in [2.75, 3.05) is 0 Å². The molecule has 0 unspecified atom stereocenters. The summed E-state index contributed by atoms with van der Waals surface area (Å²) in [6.07, 6.45) is 0. The van der Waals surface area contributed by atoms with E-state index in [0.29, 0.717) is 10.8 Å². The first-order valence-corrected chi connectivity index (χ1v) is 28.1. The van der Waals surface area contributed by atoms with Crippen LogP contribution in [0, 0.1) is 0 Å². The van der Waals surface area contributed by atoms with E-state index in [-0.39, 0.29) is 24.8 Å². The van der Waals surface area contributed by atoms with Gasteiger partial charge in [-0.2, -0.15) is 0 Å². The molecule has 0 aromatic heterocycles. The van der Waals surface area contributed by atoms with Crippen LogP contribution in [0.5, 0.6) is 0 Å². The van der Waals surface area contributed by atoms with Gasteiger partial charge in [0, 0.05) is 0 Å². The third-order valence-electron chi connectivity index (χ3n) is 9.69. The summed E-state index contributed by atoms with van der Waals surface area (Å²) in [5, 5.41) is 12.8. The van der Waals surface area contributed by atoms with Gasteiger partial charge >= 0.3 is 379 Å². The molecule has 0 amide bonds. The summed E-state index contributed by atoms with van der Waals surface area (Å²) in [6, 6.07) is 89.0. The molecule has 8 aromatic rings. The van der Waals surface area contributed by atoms with Gasteiger partial charge in [0.05, 0.1) is 0 Å². The van der Waals surface area contributed by atoms with Crippen molar-refractivity contribution < 1.29 is 66.9 Å². The molecule has 0 atom stereocenters. The SMILES string of the molecule is [Au+][CH2]C(P(c1ccccc1)c1ccccc1)P(c1ccccc1)c1ccccc1.[Au+][CH2]C(P(c1ccccc1)c1ccccc1)P(c1ccccc1)c1ccccc1.[Cl-].[Cl-]. The summed E-state index contributed by atoms with van der Waals surface area (Å²) in [5.41, 5.74) is 0. The van der Waals surface area contributed by atoms with Crippen molar-refractivity contribution in [2.24, 2.45) is 0 Å². The normalized spacial score (nSPS) is 11.0. The second kappa shape index (κ2) is 26.2. The Labute approximate surface area is 400 Å². The van der Waals surface area contributed by atoms with Gasteiger partial charge in [-0.25, -0.2) is 0 Å². The topological polar surface area (TPSA) is 0 Å². The molecule has 0 bridgehead atoms. The molecule has 0 nitrogen and oxygen atoms in total. The van der Waals surface area contributed by atoms with E-state index < -0.39 is 31.7 Å². The smallest absolute Gasteiger partial charge is 1.00 e. The Kier molecular flexibility index (Phi) is 21.2. The number of benzene rings is 8. The molecular formula is C52H46Au2Cl2P4. The Morgan fingerprint density at radius 1 is 0.233 bits per heavy atom. The summed E-state index contributed by atoms with van der Waals surface area (Å²) in [6.45, 7) is 0. The van der Waals surface area contributed by atoms with E-state index in [0.717, 1.165) is 9.28 Å². The van der Waals surface area contributed by atoms with E-state index in [1.807, 2.05) is 0 Å². The van der Waals surface area contributed by atoms with Crippen LogP contribution in [0.25, 0.3) is 0 Å². The second-order valence-corrected chi connectivity index (χ2v) is 25.5. The third kappa shape index (κ3) is 12.8. The quantitative estimate of drug-likeness (QED) is 0.105. The van der Waals surface area contributed by atoms with E-state index in [1.165, 1.54) is 42.4 Å². The van der Waals surface area contributed by atoms with Gasteiger partial charge in [0.2, 0.25) is 0 Å². The molecule has 0 aliphatic carbocycles. The molecule has 0 aliphatic rings. The van der Waals surface area contributed by atoms with E-state index in [9.17, 15) is 0 Å². The average molecular weight is 1260 g/mol. The molecule has 0 saturated carbocycles. The molecule has 8 rings (SSSR count). The van der Waals surface area contributed by atoms with Gasteiger partial charge in [0.1, 0.15) is 0 Å². The largest absolute Gasteiger partial charge is 1.00 e. The number of hydrogen-bond donors (Lipinski definition) is 0. The summed E-state index contributed by atoms with van der Waals surface area (Å²) in [7, 11) is -1.94. The Hall–Kier alpha value is -2.46. The molecule has 0 fully saturated rings. The van der Waals surface area contributed by atoms with E-state index in [4.69, 9.17) is 0 Å². The van der Waals surface area contributed by atoms with Crippen LogP contribution in [0.3, 0.4) is 0 Å². The summed E-state index contributed by atoms with van der Waals surface area (Å²) >= 11 is 5.67. The molecular weight excluding hydrogens is 1210 g/mol. The minimum atomic E-state index is -0.486. The fourth-order valence-electron chi connectivity index (χ4n) is 7.13. The van der Waals surface area contributed by atoms with E-state index in [1.54, 1.807) is 0 Å². The van der Waals surface area contributed by atoms with E-state index >= 15 is 0 Å². The van der Waals surface area contributed by atoms with Gasteiger partial charge in [-0.3, -0.25) is 0 Å². The molecule has 0 N–H and O–H groups in total. The average Bonchev–Trinajstić information content (AvgIpc) is 3.31. The Morgan fingerprint density at radius 2 is 0.350 bits per heavy atom. The van der Waals surface area contributed by atoms with Crippen molar-refractivity contribution >= 4 is 74.1 Å². The van der Waals surface area contributed by atoms with Crippen LogP contribution >= 0.6 is 31.7 Å². The molecule has 0 radical (unpaired) electrons. The first kappa shape index (κ1) is 48.6. The van der Waals surface area contributed by atoms with Gasteiger partial charge < -0.3 is 24.8 Å². The fourth-order valence-corrected chi connectivity index (χ4v) is 25.3. The standard InChI is InChI=1S/2C26H23P2.2Au.2ClH/c2*1-22(27(23-14-6-2-7-15-23)24-16-8-3-9-17-24)28(25-18-10-4-11-19-25)26-20-12-5-13-21-26;;;;/h2*2-22H,1H2;;;2*1H/q;;2*+1;;/p-2. The first-order chi connectivity index (χ1) is 28.8. The molecule has 0 saturated heterocycles. The maximum Gasteiger partial charge on any atom is -1.00 e. The van der Waals surface area contributed by atoms with Crippen molar-refractivity contribution in [1.82, 2.24) is 0 Å². The van der Waals surface area contributed by atoms with Crippen LogP contribution in [0.1, 0.15) is 0 Å².